The molecule has 19 heavy (non-hydrogen) atoms. The number of nitrogens with zero attached hydrogens (tertiary/aromatic N) is 1. The average molecular weight is 260 g/mol. The van der Waals surface area contributed by atoms with Gasteiger partial charge in [-0.25, -0.2) is 0 Å². The van der Waals surface area contributed by atoms with E-state index in [1.54, 1.807) is 0 Å². The Kier molecular flexibility index (Phi) is 4.25. The lowest BCUT2D eigenvalue weighted by molar-refractivity contribution is -0.122. The summed E-state index contributed by atoms with van der Waals surface area (Å²) in [5, 5.41) is 3.38. The van der Waals surface area contributed by atoms with Crippen LogP contribution in [0.25, 0.3) is 0 Å². The van der Waals surface area contributed by atoms with Crippen LogP contribution in [-0.2, 0) is 4.79 Å². The predicted octanol–water partition coefficient (Wildman–Crippen LogP) is 2.80. The number of benzene rings is 1. The molecule has 1 heterocycles. The highest BCUT2D eigenvalue weighted by molar-refractivity contribution is 5.99. The molecular formula is C16H24N2O. The van der Waals surface area contributed by atoms with Gasteiger partial charge in [0.15, 0.2) is 0 Å². The number of hydrogen-bond donors (Lipinski definition) is 1. The predicted molar refractivity (Wildman–Crippen MR) is 79.6 cm³/mol. The number of nitrogens with one attached hydrogen (secondary N) is 1. The molecular weight excluding hydrogens is 236 g/mol. The van der Waals surface area contributed by atoms with E-state index in [9.17, 15) is 4.79 Å². The van der Waals surface area contributed by atoms with Crippen molar-refractivity contribution in [3.63, 3.8) is 0 Å². The summed E-state index contributed by atoms with van der Waals surface area (Å²) < 4.78 is 0. The van der Waals surface area contributed by atoms with Crippen molar-refractivity contribution in [3.05, 3.63) is 29.3 Å². The lowest BCUT2D eigenvalue weighted by Gasteiger charge is -2.35. The first-order valence-corrected chi connectivity index (χ1v) is 7.14. The van der Waals surface area contributed by atoms with Crippen LogP contribution < -0.4 is 10.2 Å². The largest absolute Gasteiger partial charge is 0.311 e. The zero-order chi connectivity index (χ0) is 14.0. The standard InChI is InChI=1S/C16H24N2O/c1-11(2)17-14-9-6-10-18(16(14)19)15-12(3)7-5-8-13(15)4/h5,7-8,11,14,17H,6,9-10H2,1-4H3. The second kappa shape index (κ2) is 5.74. The maximum absolute atomic E-state index is 12.6. The van der Waals surface area contributed by atoms with E-state index in [1.165, 1.54) is 11.1 Å². The number of piperidine rings is 1. The molecule has 3 heteroatoms. The van der Waals surface area contributed by atoms with Gasteiger partial charge in [0.1, 0.15) is 0 Å². The first kappa shape index (κ1) is 14.1. The highest BCUT2D eigenvalue weighted by Crippen LogP contribution is 2.28. The van der Waals surface area contributed by atoms with E-state index < -0.39 is 0 Å². The quantitative estimate of drug-likeness (QED) is 0.906. The van der Waals surface area contributed by atoms with Crippen LogP contribution in [0, 0.1) is 13.8 Å². The Labute approximate surface area is 116 Å². The molecule has 3 nitrogen and oxygen atoms in total. The summed E-state index contributed by atoms with van der Waals surface area (Å²) in [5.74, 6) is 0.220. The number of anilines is 1. The van der Waals surface area contributed by atoms with E-state index in [4.69, 9.17) is 0 Å². The van der Waals surface area contributed by atoms with Crippen LogP contribution in [0.2, 0.25) is 0 Å². The van der Waals surface area contributed by atoms with Gasteiger partial charge in [-0.05, 0) is 37.8 Å². The molecule has 0 aliphatic carbocycles. The maximum atomic E-state index is 12.6. The monoisotopic (exact) mass is 260 g/mol. The van der Waals surface area contributed by atoms with Gasteiger partial charge in [0.25, 0.3) is 0 Å². The summed E-state index contributed by atoms with van der Waals surface area (Å²) >= 11 is 0. The number of aryl methyl sites for hydroxylation is 2. The minimum absolute atomic E-state index is 0.0345. The summed E-state index contributed by atoms with van der Waals surface area (Å²) in [5.41, 5.74) is 3.46. The zero-order valence-corrected chi connectivity index (χ0v) is 12.4. The number of carbonyl (C=O) groups is 1. The van der Waals surface area contributed by atoms with Crippen molar-refractivity contribution < 1.29 is 4.79 Å². The van der Waals surface area contributed by atoms with Gasteiger partial charge < -0.3 is 10.2 Å². The minimum atomic E-state index is -0.0345. The van der Waals surface area contributed by atoms with Crippen molar-refractivity contribution in [2.24, 2.45) is 0 Å². The molecule has 0 aromatic heterocycles. The first-order valence-electron chi connectivity index (χ1n) is 7.14. The summed E-state index contributed by atoms with van der Waals surface area (Å²) in [6.45, 7) is 9.17. The van der Waals surface area contributed by atoms with Crippen molar-refractivity contribution in [2.75, 3.05) is 11.4 Å². The first-order chi connectivity index (χ1) is 9.00. The van der Waals surface area contributed by atoms with E-state index in [0.717, 1.165) is 25.1 Å². The molecule has 1 N–H and O–H groups in total. The summed E-state index contributed by atoms with van der Waals surface area (Å²) in [6.07, 6.45) is 2.00. The molecule has 1 atom stereocenters. The minimum Gasteiger partial charge on any atom is -0.311 e. The Morgan fingerprint density at radius 3 is 2.47 bits per heavy atom. The molecule has 0 spiro atoms. The Bertz CT molecular complexity index is 448. The third-order valence-electron chi connectivity index (χ3n) is 3.68. The number of hydrogen-bond acceptors (Lipinski definition) is 2. The van der Waals surface area contributed by atoms with Gasteiger partial charge in [0.2, 0.25) is 5.91 Å². The Morgan fingerprint density at radius 2 is 1.89 bits per heavy atom. The average Bonchev–Trinajstić information content (AvgIpc) is 2.33. The summed E-state index contributed by atoms with van der Waals surface area (Å²) in [6, 6.07) is 6.51. The molecule has 0 radical (unpaired) electrons. The maximum Gasteiger partial charge on any atom is 0.244 e. The lowest BCUT2D eigenvalue weighted by atomic mass is 10.00. The third kappa shape index (κ3) is 2.98. The highest BCUT2D eigenvalue weighted by Gasteiger charge is 2.31. The van der Waals surface area contributed by atoms with Crippen molar-refractivity contribution >= 4 is 11.6 Å². The van der Waals surface area contributed by atoms with E-state index in [1.807, 2.05) is 11.0 Å². The van der Waals surface area contributed by atoms with Gasteiger partial charge in [0.05, 0.1) is 6.04 Å². The van der Waals surface area contributed by atoms with Crippen LogP contribution in [0.4, 0.5) is 5.69 Å². The normalized spacial score (nSPS) is 20.2. The third-order valence-corrected chi connectivity index (χ3v) is 3.68. The van der Waals surface area contributed by atoms with E-state index in [0.29, 0.717) is 6.04 Å². The van der Waals surface area contributed by atoms with E-state index >= 15 is 0 Å². The SMILES string of the molecule is Cc1cccc(C)c1N1CCCC(NC(C)C)C1=O. The molecule has 0 saturated carbocycles. The van der Waals surface area contributed by atoms with Crippen LogP contribution >= 0.6 is 0 Å². The van der Waals surface area contributed by atoms with Gasteiger partial charge >= 0.3 is 0 Å². The second-order valence-electron chi connectivity index (χ2n) is 5.75. The smallest absolute Gasteiger partial charge is 0.244 e. The molecule has 1 aromatic carbocycles. The van der Waals surface area contributed by atoms with Crippen molar-refractivity contribution in [1.29, 1.82) is 0 Å². The topological polar surface area (TPSA) is 32.3 Å². The van der Waals surface area contributed by atoms with Crippen molar-refractivity contribution in [3.8, 4) is 0 Å². The van der Waals surface area contributed by atoms with Gasteiger partial charge in [-0.15, -0.1) is 0 Å². The molecule has 1 amide bonds. The molecule has 0 bridgehead atoms. The summed E-state index contributed by atoms with van der Waals surface area (Å²) in [4.78, 5) is 14.6. The van der Waals surface area contributed by atoms with Crippen LogP contribution in [-0.4, -0.2) is 24.5 Å². The van der Waals surface area contributed by atoms with Crippen LogP contribution in [0.1, 0.15) is 37.8 Å². The van der Waals surface area contributed by atoms with Crippen LogP contribution in [0.15, 0.2) is 18.2 Å². The zero-order valence-electron chi connectivity index (χ0n) is 12.4. The van der Waals surface area contributed by atoms with Crippen molar-refractivity contribution in [1.82, 2.24) is 5.32 Å². The van der Waals surface area contributed by atoms with Gasteiger partial charge in [-0.1, -0.05) is 32.0 Å². The fourth-order valence-electron chi connectivity index (χ4n) is 2.89. The molecule has 104 valence electrons. The molecule has 1 unspecified atom stereocenters. The van der Waals surface area contributed by atoms with Gasteiger partial charge in [-0.3, -0.25) is 4.79 Å². The fourth-order valence-corrected chi connectivity index (χ4v) is 2.89. The highest BCUT2D eigenvalue weighted by atomic mass is 16.2. The van der Waals surface area contributed by atoms with E-state index in [2.05, 4.69) is 45.1 Å². The number of carbonyl (C=O) groups excluding carboxylic acids is 1. The molecule has 1 aromatic rings. The fraction of sp³-hybridized carbons (Fsp3) is 0.562. The van der Waals surface area contributed by atoms with Gasteiger partial charge in [0, 0.05) is 18.3 Å². The van der Waals surface area contributed by atoms with E-state index in [-0.39, 0.29) is 11.9 Å². The second-order valence-corrected chi connectivity index (χ2v) is 5.75. The molecule has 1 aliphatic heterocycles. The molecule has 2 rings (SSSR count). The van der Waals surface area contributed by atoms with Crippen LogP contribution in [0.3, 0.4) is 0 Å². The number of rotatable bonds is 3. The number of amides is 1. The lowest BCUT2D eigenvalue weighted by Crippen LogP contribution is -2.52. The van der Waals surface area contributed by atoms with Crippen molar-refractivity contribution in [2.45, 2.75) is 52.6 Å². The Morgan fingerprint density at radius 1 is 1.26 bits per heavy atom. The molecule has 1 aliphatic rings. The molecule has 1 fully saturated rings. The Hall–Kier alpha value is -1.35. The summed E-state index contributed by atoms with van der Waals surface area (Å²) in [7, 11) is 0. The van der Waals surface area contributed by atoms with Gasteiger partial charge in [-0.2, -0.15) is 0 Å². The molecule has 1 saturated heterocycles. The number of para-hydroxylation sites is 1. The van der Waals surface area contributed by atoms with Crippen LogP contribution in [0.5, 0.6) is 0 Å². The Balaban J connectivity index is 2.27.